The van der Waals surface area contributed by atoms with Gasteiger partial charge in [-0.05, 0) is 6.07 Å². The van der Waals surface area contributed by atoms with Gasteiger partial charge >= 0.3 is 5.97 Å². The molecule has 0 fully saturated rings. The average Bonchev–Trinajstić information content (AvgIpc) is 2.28. The molecule has 1 aromatic rings. The second-order valence-corrected chi connectivity index (χ2v) is 3.06. The van der Waals surface area contributed by atoms with Gasteiger partial charge in [-0.2, -0.15) is 0 Å². The van der Waals surface area contributed by atoms with E-state index in [1.807, 2.05) is 0 Å². The fraction of sp³-hybridized carbons (Fsp3) is 0.333. The first-order valence-corrected chi connectivity index (χ1v) is 4.66. The minimum atomic E-state index is -3.05. The van der Waals surface area contributed by atoms with E-state index < -0.39 is 29.5 Å². The molecular weight excluding hydrogens is 247 g/mol. The third-order valence-electron chi connectivity index (χ3n) is 1.79. The van der Waals surface area contributed by atoms with Crippen LogP contribution in [0.1, 0.15) is 28.2 Å². The molecule has 0 amide bonds. The highest BCUT2D eigenvalue weighted by Crippen LogP contribution is 2.25. The Bertz CT molecular complexity index is 412. The van der Waals surface area contributed by atoms with Gasteiger partial charge in [-0.1, -0.05) is 0 Å². The molecule has 0 aromatic carbocycles. The average molecular weight is 254 g/mol. The number of hydrogen-bond donors (Lipinski definition) is 0. The first kappa shape index (κ1) is 12.8. The number of nitrogens with zero attached hydrogens (tertiary/aromatic N) is 1. The smallest absolute Gasteiger partial charge is 0.359 e. The number of carbonyl (C=O) groups excluding carboxylic acids is 1. The van der Waals surface area contributed by atoms with Crippen LogP contribution in [0.5, 0.6) is 0 Å². The van der Waals surface area contributed by atoms with Crippen LogP contribution in [-0.4, -0.2) is 18.1 Å². The highest BCUT2D eigenvalue weighted by molar-refractivity contribution is 6.16. The van der Waals surface area contributed by atoms with E-state index in [1.165, 1.54) is 0 Å². The van der Waals surface area contributed by atoms with E-state index in [9.17, 15) is 18.0 Å². The van der Waals surface area contributed by atoms with Crippen molar-refractivity contribution in [3.05, 3.63) is 28.8 Å². The van der Waals surface area contributed by atoms with E-state index in [-0.39, 0.29) is 11.6 Å². The van der Waals surface area contributed by atoms with Gasteiger partial charge in [0.1, 0.15) is 0 Å². The van der Waals surface area contributed by atoms with Crippen LogP contribution in [0, 0.1) is 5.82 Å². The number of methoxy groups -OCH3 is 1. The minimum absolute atomic E-state index is 0.0150. The fourth-order valence-corrected chi connectivity index (χ4v) is 1.20. The lowest BCUT2D eigenvalue weighted by Crippen LogP contribution is -2.11. The van der Waals surface area contributed by atoms with Crippen LogP contribution in [0.4, 0.5) is 13.2 Å². The van der Waals surface area contributed by atoms with Gasteiger partial charge in [0.15, 0.2) is 11.5 Å². The Labute approximate surface area is 94.2 Å². The summed E-state index contributed by atoms with van der Waals surface area (Å²) in [5, 5.41) is 0. The molecule has 3 nitrogen and oxygen atoms in total. The molecule has 0 saturated heterocycles. The second-order valence-electron chi connectivity index (χ2n) is 2.79. The number of carbonyl (C=O) groups is 1. The number of pyridine rings is 1. The van der Waals surface area contributed by atoms with Crippen molar-refractivity contribution in [1.29, 1.82) is 0 Å². The normalized spacial score (nSPS) is 10.6. The maximum absolute atomic E-state index is 13.4. The predicted molar refractivity (Wildman–Crippen MR) is 50.0 cm³/mol. The van der Waals surface area contributed by atoms with Gasteiger partial charge in [0.2, 0.25) is 0 Å². The van der Waals surface area contributed by atoms with Crippen LogP contribution in [-0.2, 0) is 10.6 Å². The Morgan fingerprint density at radius 2 is 2.25 bits per heavy atom. The maximum atomic E-state index is 13.4. The quantitative estimate of drug-likeness (QED) is 0.614. The molecule has 0 aliphatic rings. The topological polar surface area (TPSA) is 39.2 Å². The molecule has 0 N–H and O–H groups in total. The molecule has 1 aromatic heterocycles. The molecule has 1 rings (SSSR count). The van der Waals surface area contributed by atoms with E-state index in [4.69, 9.17) is 11.6 Å². The number of halogens is 4. The summed E-state index contributed by atoms with van der Waals surface area (Å²) in [6.45, 7) is 0. The van der Waals surface area contributed by atoms with Gasteiger partial charge in [0.25, 0.3) is 6.43 Å². The summed E-state index contributed by atoms with van der Waals surface area (Å²) in [5.41, 5.74) is -1.71. The summed E-state index contributed by atoms with van der Waals surface area (Å²) < 4.78 is 42.5. The van der Waals surface area contributed by atoms with Crippen molar-refractivity contribution in [2.45, 2.75) is 12.3 Å². The van der Waals surface area contributed by atoms with Crippen LogP contribution >= 0.6 is 11.6 Å². The summed E-state index contributed by atoms with van der Waals surface area (Å²) in [6, 6.07) is 0.819. The van der Waals surface area contributed by atoms with Crippen LogP contribution in [0.15, 0.2) is 6.07 Å². The lowest BCUT2D eigenvalue weighted by atomic mass is 10.2. The van der Waals surface area contributed by atoms with E-state index >= 15 is 0 Å². The maximum Gasteiger partial charge on any atom is 0.359 e. The molecule has 0 aliphatic heterocycles. The second kappa shape index (κ2) is 5.16. The Balaban J connectivity index is 3.37. The van der Waals surface area contributed by atoms with Gasteiger partial charge in [0, 0.05) is 0 Å². The fourth-order valence-electron chi connectivity index (χ4n) is 1.06. The zero-order valence-corrected chi connectivity index (χ0v) is 8.89. The summed E-state index contributed by atoms with van der Waals surface area (Å²) >= 11 is 5.39. The largest absolute Gasteiger partial charge is 0.464 e. The van der Waals surface area contributed by atoms with E-state index in [2.05, 4.69) is 9.72 Å². The number of aromatic nitrogens is 1. The third-order valence-corrected chi connectivity index (χ3v) is 2.06. The van der Waals surface area contributed by atoms with Crippen LogP contribution in [0.25, 0.3) is 0 Å². The molecule has 0 unspecified atom stereocenters. The van der Waals surface area contributed by atoms with Gasteiger partial charge in [0.05, 0.1) is 24.2 Å². The molecule has 0 atom stereocenters. The van der Waals surface area contributed by atoms with Gasteiger partial charge < -0.3 is 4.74 Å². The Morgan fingerprint density at radius 1 is 1.62 bits per heavy atom. The standard InChI is InChI=1S/C9H7ClF3NO2/c1-16-9(15)7-6(11)5(8(12)13)2-4(3-10)14-7/h2,8H,3H2,1H3. The number of rotatable bonds is 3. The van der Waals surface area contributed by atoms with Gasteiger partial charge in [-0.15, -0.1) is 11.6 Å². The zero-order chi connectivity index (χ0) is 12.3. The summed E-state index contributed by atoms with van der Waals surface area (Å²) in [5.74, 6) is -2.70. The molecule has 1 heterocycles. The Kier molecular flexibility index (Phi) is 4.12. The Morgan fingerprint density at radius 3 is 2.69 bits per heavy atom. The number of alkyl halides is 3. The molecule has 0 bridgehead atoms. The van der Waals surface area contributed by atoms with Gasteiger partial charge in [-0.3, -0.25) is 0 Å². The monoisotopic (exact) mass is 253 g/mol. The summed E-state index contributed by atoms with van der Waals surface area (Å²) in [7, 11) is 0.999. The van der Waals surface area contributed by atoms with Crippen molar-refractivity contribution in [2.75, 3.05) is 7.11 Å². The lowest BCUT2D eigenvalue weighted by Gasteiger charge is -2.07. The van der Waals surface area contributed by atoms with Crippen LogP contribution < -0.4 is 0 Å². The number of ether oxygens (including phenoxy) is 1. The van der Waals surface area contributed by atoms with Gasteiger partial charge in [-0.25, -0.2) is 22.9 Å². The predicted octanol–water partition coefficient (Wildman–Crippen LogP) is 2.68. The summed E-state index contributed by atoms with van der Waals surface area (Å²) in [6.07, 6.45) is -3.05. The molecule has 7 heteroatoms. The molecule has 0 aliphatic carbocycles. The molecule has 0 saturated carbocycles. The summed E-state index contributed by atoms with van der Waals surface area (Å²) in [4.78, 5) is 14.6. The third kappa shape index (κ3) is 2.44. The van der Waals surface area contributed by atoms with Crippen LogP contribution in [0.2, 0.25) is 0 Å². The lowest BCUT2D eigenvalue weighted by molar-refractivity contribution is 0.0586. The van der Waals surface area contributed by atoms with Crippen molar-refractivity contribution < 1.29 is 22.7 Å². The van der Waals surface area contributed by atoms with Crippen molar-refractivity contribution in [2.24, 2.45) is 0 Å². The molecule has 0 radical (unpaired) electrons. The van der Waals surface area contributed by atoms with Crippen LogP contribution in [0.3, 0.4) is 0 Å². The first-order valence-electron chi connectivity index (χ1n) is 4.13. The van der Waals surface area contributed by atoms with Crippen molar-refractivity contribution in [3.63, 3.8) is 0 Å². The van der Waals surface area contributed by atoms with Crippen molar-refractivity contribution >= 4 is 17.6 Å². The van der Waals surface area contributed by atoms with Crippen molar-refractivity contribution in [3.8, 4) is 0 Å². The van der Waals surface area contributed by atoms with E-state index in [0.29, 0.717) is 0 Å². The molecular formula is C9H7ClF3NO2. The van der Waals surface area contributed by atoms with Crippen molar-refractivity contribution in [1.82, 2.24) is 4.98 Å². The highest BCUT2D eigenvalue weighted by Gasteiger charge is 2.23. The number of hydrogen-bond acceptors (Lipinski definition) is 3. The SMILES string of the molecule is COC(=O)c1nc(CCl)cc(C(F)F)c1F. The van der Waals surface area contributed by atoms with E-state index in [1.54, 1.807) is 0 Å². The molecule has 0 spiro atoms. The highest BCUT2D eigenvalue weighted by atomic mass is 35.5. The minimum Gasteiger partial charge on any atom is -0.464 e. The Hall–Kier alpha value is -1.30. The molecule has 88 valence electrons. The molecule has 16 heavy (non-hydrogen) atoms. The number of esters is 1. The zero-order valence-electron chi connectivity index (χ0n) is 8.14. The van der Waals surface area contributed by atoms with E-state index in [0.717, 1.165) is 13.2 Å². The first-order chi connectivity index (χ1) is 7.51.